The van der Waals surface area contributed by atoms with Crippen LogP contribution in [-0.2, 0) is 9.59 Å². The second kappa shape index (κ2) is 8.39. The van der Waals surface area contributed by atoms with Gasteiger partial charge in [0, 0.05) is 13.1 Å². The minimum Gasteiger partial charge on any atom is -0.495 e. The third-order valence-corrected chi connectivity index (χ3v) is 6.52. The molecule has 0 N–H and O–H groups in total. The van der Waals surface area contributed by atoms with E-state index >= 15 is 0 Å². The van der Waals surface area contributed by atoms with E-state index in [1.807, 2.05) is 32.0 Å². The number of halogens is 1. The Kier molecular flexibility index (Phi) is 5.80. The van der Waals surface area contributed by atoms with Gasteiger partial charge in [-0.05, 0) is 67.5 Å². The highest BCUT2D eigenvalue weighted by atomic mass is 35.5. The van der Waals surface area contributed by atoms with E-state index < -0.39 is 0 Å². The number of methoxy groups -OCH3 is 1. The molecule has 1 atom stereocenters. The number of likely N-dealkylation sites (tertiary alicyclic amines) is 1. The lowest BCUT2D eigenvalue weighted by Gasteiger charge is -2.33. The van der Waals surface area contributed by atoms with Gasteiger partial charge >= 0.3 is 0 Å². The zero-order valence-corrected chi connectivity index (χ0v) is 19.1. The predicted octanol–water partition coefficient (Wildman–Crippen LogP) is 4.98. The molecule has 0 radical (unpaired) electrons. The van der Waals surface area contributed by atoms with Crippen molar-refractivity contribution in [1.29, 1.82) is 0 Å². The smallest absolute Gasteiger partial charge is 0.282 e. The molecule has 5 nitrogen and oxygen atoms in total. The molecule has 2 aliphatic rings. The molecule has 2 aromatic rings. The normalized spacial score (nSPS) is 19.5. The van der Waals surface area contributed by atoms with Crippen LogP contribution < -0.4 is 9.64 Å². The Bertz CT molecular complexity index is 1090. The van der Waals surface area contributed by atoms with Crippen molar-refractivity contribution in [1.82, 2.24) is 4.90 Å². The van der Waals surface area contributed by atoms with E-state index in [0.29, 0.717) is 33.6 Å². The molecule has 2 amide bonds. The SMILES string of the molecule is COc1ccc(N2C(=O)C(c3ccc(C)c(C)c3)=C(N3CCCC(C)C3)C2=O)cc1Cl. The van der Waals surface area contributed by atoms with Crippen LogP contribution >= 0.6 is 11.6 Å². The van der Waals surface area contributed by atoms with Gasteiger partial charge < -0.3 is 9.64 Å². The van der Waals surface area contributed by atoms with Gasteiger partial charge in [0.05, 0.1) is 23.4 Å². The number of ether oxygens (including phenoxy) is 1. The summed E-state index contributed by atoms with van der Waals surface area (Å²) in [6, 6.07) is 10.9. The standard InChI is InChI=1S/C25H27ClN2O3/c1-15-6-5-11-27(14-15)23-22(18-8-7-16(2)17(3)12-18)24(29)28(25(23)30)19-9-10-21(31-4)20(26)13-19/h7-10,12-13,15H,5-6,11,14H2,1-4H3. The largest absolute Gasteiger partial charge is 0.495 e. The summed E-state index contributed by atoms with van der Waals surface area (Å²) in [6.45, 7) is 7.77. The van der Waals surface area contributed by atoms with Gasteiger partial charge in [-0.3, -0.25) is 9.59 Å². The highest BCUT2D eigenvalue weighted by molar-refractivity contribution is 6.45. The van der Waals surface area contributed by atoms with Gasteiger partial charge in [-0.15, -0.1) is 0 Å². The topological polar surface area (TPSA) is 49.9 Å². The molecule has 0 spiro atoms. The van der Waals surface area contributed by atoms with E-state index in [1.54, 1.807) is 18.2 Å². The van der Waals surface area contributed by atoms with Gasteiger partial charge in [0.1, 0.15) is 11.4 Å². The van der Waals surface area contributed by atoms with Crippen molar-refractivity contribution >= 4 is 34.7 Å². The molecule has 2 heterocycles. The number of imide groups is 1. The molecule has 1 unspecified atom stereocenters. The summed E-state index contributed by atoms with van der Waals surface area (Å²) < 4.78 is 5.22. The number of carbonyl (C=O) groups excluding carboxylic acids is 2. The van der Waals surface area contributed by atoms with E-state index in [2.05, 4.69) is 11.8 Å². The first-order valence-electron chi connectivity index (χ1n) is 10.6. The molecule has 6 heteroatoms. The van der Waals surface area contributed by atoms with Gasteiger partial charge in [0.2, 0.25) is 0 Å². The van der Waals surface area contributed by atoms with E-state index in [-0.39, 0.29) is 11.8 Å². The zero-order chi connectivity index (χ0) is 22.3. The van der Waals surface area contributed by atoms with Crippen LogP contribution in [0, 0.1) is 19.8 Å². The second-order valence-corrected chi connectivity index (χ2v) is 8.89. The van der Waals surface area contributed by atoms with Crippen molar-refractivity contribution in [3.63, 3.8) is 0 Å². The zero-order valence-electron chi connectivity index (χ0n) is 18.4. The first-order chi connectivity index (χ1) is 14.8. The molecule has 1 fully saturated rings. The maximum absolute atomic E-state index is 13.7. The van der Waals surface area contributed by atoms with Gasteiger partial charge in [0.25, 0.3) is 11.8 Å². The Morgan fingerprint density at radius 3 is 2.45 bits per heavy atom. The molecule has 31 heavy (non-hydrogen) atoms. The summed E-state index contributed by atoms with van der Waals surface area (Å²) in [6.07, 6.45) is 2.13. The van der Waals surface area contributed by atoms with E-state index in [4.69, 9.17) is 16.3 Å². The van der Waals surface area contributed by atoms with Crippen molar-refractivity contribution in [2.24, 2.45) is 5.92 Å². The first kappa shape index (κ1) is 21.4. The molecule has 2 aromatic carbocycles. The maximum atomic E-state index is 13.7. The summed E-state index contributed by atoms with van der Waals surface area (Å²) in [7, 11) is 1.53. The van der Waals surface area contributed by atoms with E-state index in [1.165, 1.54) is 12.0 Å². The average molecular weight is 439 g/mol. The summed E-state index contributed by atoms with van der Waals surface area (Å²) in [5.41, 5.74) is 4.41. The first-order valence-corrected chi connectivity index (χ1v) is 11.0. The summed E-state index contributed by atoms with van der Waals surface area (Å²) in [5, 5.41) is 0.355. The summed E-state index contributed by atoms with van der Waals surface area (Å²) >= 11 is 6.30. The molecule has 0 saturated carbocycles. The fourth-order valence-electron chi connectivity index (χ4n) is 4.39. The van der Waals surface area contributed by atoms with Gasteiger partial charge in [-0.25, -0.2) is 4.90 Å². The van der Waals surface area contributed by atoms with E-state index in [9.17, 15) is 9.59 Å². The second-order valence-electron chi connectivity index (χ2n) is 8.48. The molecule has 2 aliphatic heterocycles. The van der Waals surface area contributed by atoms with Crippen LogP contribution in [0.2, 0.25) is 5.02 Å². The number of anilines is 1. The van der Waals surface area contributed by atoms with Crippen LogP contribution in [0.1, 0.15) is 36.5 Å². The van der Waals surface area contributed by atoms with Crippen LogP contribution in [-0.4, -0.2) is 36.9 Å². The molecule has 0 aromatic heterocycles. The van der Waals surface area contributed by atoms with Gasteiger partial charge in [-0.2, -0.15) is 0 Å². The Morgan fingerprint density at radius 2 is 1.81 bits per heavy atom. The highest BCUT2D eigenvalue weighted by Crippen LogP contribution is 2.38. The Labute approximate surface area is 188 Å². The molecular formula is C25H27ClN2O3. The predicted molar refractivity (Wildman–Crippen MR) is 123 cm³/mol. The van der Waals surface area contributed by atoms with Crippen LogP contribution in [0.15, 0.2) is 42.1 Å². The Morgan fingerprint density at radius 1 is 1.03 bits per heavy atom. The third-order valence-electron chi connectivity index (χ3n) is 6.22. The fraction of sp³-hybridized carbons (Fsp3) is 0.360. The number of rotatable bonds is 4. The summed E-state index contributed by atoms with van der Waals surface area (Å²) in [5.74, 6) is 0.350. The van der Waals surface area contributed by atoms with E-state index in [0.717, 1.165) is 42.6 Å². The van der Waals surface area contributed by atoms with Crippen molar-refractivity contribution in [3.8, 4) is 5.75 Å². The van der Waals surface area contributed by atoms with Crippen molar-refractivity contribution < 1.29 is 14.3 Å². The molecule has 1 saturated heterocycles. The number of hydrogen-bond donors (Lipinski definition) is 0. The molecule has 0 bridgehead atoms. The van der Waals surface area contributed by atoms with Crippen LogP contribution in [0.5, 0.6) is 5.75 Å². The minimum atomic E-state index is -0.317. The number of benzene rings is 2. The third kappa shape index (κ3) is 3.83. The lowest BCUT2D eigenvalue weighted by atomic mass is 9.96. The number of piperidine rings is 1. The van der Waals surface area contributed by atoms with Gasteiger partial charge in [0.15, 0.2) is 0 Å². The van der Waals surface area contributed by atoms with Crippen molar-refractivity contribution in [3.05, 3.63) is 63.8 Å². The number of aryl methyl sites for hydroxylation is 2. The van der Waals surface area contributed by atoms with Crippen LogP contribution in [0.4, 0.5) is 5.69 Å². The fourth-order valence-corrected chi connectivity index (χ4v) is 4.64. The van der Waals surface area contributed by atoms with Crippen LogP contribution in [0.3, 0.4) is 0 Å². The lowest BCUT2D eigenvalue weighted by molar-refractivity contribution is -0.120. The monoisotopic (exact) mass is 438 g/mol. The average Bonchev–Trinajstić information content (AvgIpc) is 3.00. The number of amides is 2. The molecular weight excluding hydrogens is 412 g/mol. The number of nitrogens with zero attached hydrogens (tertiary/aromatic N) is 2. The Balaban J connectivity index is 1.83. The highest BCUT2D eigenvalue weighted by Gasteiger charge is 2.43. The minimum absolute atomic E-state index is 0.298. The molecule has 4 rings (SSSR count). The van der Waals surface area contributed by atoms with Crippen molar-refractivity contribution in [2.75, 3.05) is 25.1 Å². The lowest BCUT2D eigenvalue weighted by Crippen LogP contribution is -2.39. The molecule has 162 valence electrons. The maximum Gasteiger partial charge on any atom is 0.282 e. The summed E-state index contributed by atoms with van der Waals surface area (Å²) in [4.78, 5) is 30.6. The number of carbonyl (C=O) groups is 2. The molecule has 0 aliphatic carbocycles. The number of hydrogen-bond acceptors (Lipinski definition) is 4. The quantitative estimate of drug-likeness (QED) is 0.631. The Hall–Kier alpha value is -2.79. The van der Waals surface area contributed by atoms with Crippen LogP contribution in [0.25, 0.3) is 5.57 Å². The van der Waals surface area contributed by atoms with Gasteiger partial charge in [-0.1, -0.05) is 36.7 Å². The van der Waals surface area contributed by atoms with Crippen molar-refractivity contribution in [2.45, 2.75) is 33.6 Å².